The van der Waals surface area contributed by atoms with Gasteiger partial charge in [-0.25, -0.2) is 0 Å². The number of phenols is 1. The van der Waals surface area contributed by atoms with Crippen molar-refractivity contribution in [1.29, 1.82) is 0 Å². The van der Waals surface area contributed by atoms with E-state index in [0.29, 0.717) is 10.5 Å². The highest BCUT2D eigenvalue weighted by molar-refractivity contribution is 9.11. The summed E-state index contributed by atoms with van der Waals surface area (Å²) in [4.78, 5) is 0. The Morgan fingerprint density at radius 3 is 2.56 bits per heavy atom. The predicted molar refractivity (Wildman–Crippen MR) is 75.8 cm³/mol. The second-order valence-electron chi connectivity index (χ2n) is 3.92. The molecule has 16 heavy (non-hydrogen) atoms. The van der Waals surface area contributed by atoms with Crippen molar-refractivity contribution in [3.8, 4) is 5.75 Å². The number of piperidine rings is 1. The molecule has 1 aliphatic heterocycles. The summed E-state index contributed by atoms with van der Waals surface area (Å²) in [6.07, 6.45) is 3.57. The van der Waals surface area contributed by atoms with Crippen LogP contribution in [-0.4, -0.2) is 11.7 Å². The van der Waals surface area contributed by atoms with Crippen LogP contribution in [0.1, 0.15) is 30.9 Å². The Kier molecular flexibility index (Phi) is 4.32. The van der Waals surface area contributed by atoms with E-state index in [1.807, 2.05) is 6.07 Å². The SMILES string of the molecule is Oc1c(Br)cc(Br)c([C@@H]2CCCCN2)c1Br. The Morgan fingerprint density at radius 2 is 1.94 bits per heavy atom. The van der Waals surface area contributed by atoms with Crippen LogP contribution in [-0.2, 0) is 0 Å². The minimum Gasteiger partial charge on any atom is -0.506 e. The van der Waals surface area contributed by atoms with Crippen molar-refractivity contribution >= 4 is 47.8 Å². The third kappa shape index (κ3) is 2.47. The van der Waals surface area contributed by atoms with E-state index in [9.17, 15) is 5.11 Å². The van der Waals surface area contributed by atoms with Gasteiger partial charge in [0.15, 0.2) is 0 Å². The Morgan fingerprint density at radius 1 is 1.19 bits per heavy atom. The molecule has 2 nitrogen and oxygen atoms in total. The number of rotatable bonds is 1. The summed E-state index contributed by atoms with van der Waals surface area (Å²) in [5.41, 5.74) is 1.11. The summed E-state index contributed by atoms with van der Waals surface area (Å²) in [5.74, 6) is 0.269. The van der Waals surface area contributed by atoms with Gasteiger partial charge in [0, 0.05) is 16.1 Å². The number of hydrogen-bond donors (Lipinski definition) is 2. The lowest BCUT2D eigenvalue weighted by molar-refractivity contribution is 0.406. The molecule has 0 bridgehead atoms. The van der Waals surface area contributed by atoms with E-state index in [1.165, 1.54) is 12.8 Å². The molecule has 1 heterocycles. The van der Waals surface area contributed by atoms with Crippen molar-refractivity contribution in [2.45, 2.75) is 25.3 Å². The lowest BCUT2D eigenvalue weighted by Crippen LogP contribution is -2.27. The largest absolute Gasteiger partial charge is 0.506 e. The lowest BCUT2D eigenvalue weighted by atomic mass is 9.97. The molecule has 0 spiro atoms. The molecule has 1 atom stereocenters. The molecule has 0 saturated carbocycles. The van der Waals surface area contributed by atoms with Gasteiger partial charge in [0.1, 0.15) is 5.75 Å². The van der Waals surface area contributed by atoms with Gasteiger partial charge in [-0.1, -0.05) is 22.4 Å². The van der Waals surface area contributed by atoms with E-state index < -0.39 is 0 Å². The van der Waals surface area contributed by atoms with Crippen molar-refractivity contribution in [1.82, 2.24) is 5.32 Å². The number of benzene rings is 1. The Labute approximate surface area is 120 Å². The maximum absolute atomic E-state index is 9.90. The summed E-state index contributed by atoms with van der Waals surface area (Å²) < 4.78 is 2.49. The Balaban J connectivity index is 2.42. The molecule has 0 amide bonds. The molecule has 2 rings (SSSR count). The van der Waals surface area contributed by atoms with E-state index >= 15 is 0 Å². The molecule has 1 saturated heterocycles. The maximum atomic E-state index is 9.90. The average molecular weight is 414 g/mol. The molecule has 5 heteroatoms. The highest BCUT2D eigenvalue weighted by atomic mass is 79.9. The molecule has 0 aromatic heterocycles. The normalized spacial score (nSPS) is 21.1. The molecule has 1 fully saturated rings. The third-order valence-corrected chi connectivity index (χ3v) is 4.90. The molecule has 2 N–H and O–H groups in total. The van der Waals surface area contributed by atoms with Gasteiger partial charge in [-0.15, -0.1) is 0 Å². The molecule has 0 aliphatic carbocycles. The van der Waals surface area contributed by atoms with Gasteiger partial charge >= 0.3 is 0 Å². The van der Waals surface area contributed by atoms with Crippen LogP contribution in [0.15, 0.2) is 19.5 Å². The molecule has 0 unspecified atom stereocenters. The zero-order chi connectivity index (χ0) is 11.7. The highest BCUT2D eigenvalue weighted by Gasteiger charge is 2.22. The van der Waals surface area contributed by atoms with E-state index in [1.54, 1.807) is 0 Å². The van der Waals surface area contributed by atoms with Gasteiger partial charge in [-0.3, -0.25) is 0 Å². The second kappa shape index (κ2) is 5.38. The van der Waals surface area contributed by atoms with Crippen LogP contribution in [0.25, 0.3) is 0 Å². The van der Waals surface area contributed by atoms with Crippen molar-refractivity contribution in [3.05, 3.63) is 25.0 Å². The summed E-state index contributed by atoms with van der Waals surface area (Å²) in [6, 6.07) is 2.21. The molecular formula is C11H12Br3NO. The summed E-state index contributed by atoms with van der Waals surface area (Å²) >= 11 is 10.3. The first-order valence-electron chi connectivity index (χ1n) is 5.21. The van der Waals surface area contributed by atoms with E-state index in [4.69, 9.17) is 0 Å². The fraction of sp³-hybridized carbons (Fsp3) is 0.455. The highest BCUT2D eigenvalue weighted by Crippen LogP contribution is 2.43. The third-order valence-electron chi connectivity index (χ3n) is 2.84. The van der Waals surface area contributed by atoms with Crippen molar-refractivity contribution in [2.24, 2.45) is 0 Å². The standard InChI is InChI=1S/C11H12Br3NO/c12-6-5-7(13)11(16)10(14)9(6)8-3-1-2-4-15-8/h5,8,15-16H,1-4H2/t8-/m0/s1. The van der Waals surface area contributed by atoms with Crippen LogP contribution >= 0.6 is 47.8 Å². The van der Waals surface area contributed by atoms with Gasteiger partial charge in [0.05, 0.1) is 8.95 Å². The van der Waals surface area contributed by atoms with Crippen molar-refractivity contribution < 1.29 is 5.11 Å². The van der Waals surface area contributed by atoms with Crippen molar-refractivity contribution in [3.63, 3.8) is 0 Å². The van der Waals surface area contributed by atoms with Crippen LogP contribution in [0.2, 0.25) is 0 Å². The fourth-order valence-corrected chi connectivity index (χ4v) is 4.69. The Hall–Kier alpha value is 0.420. The number of hydrogen-bond acceptors (Lipinski definition) is 2. The first-order chi connectivity index (χ1) is 7.61. The smallest absolute Gasteiger partial charge is 0.144 e. The van der Waals surface area contributed by atoms with Crippen molar-refractivity contribution in [2.75, 3.05) is 6.54 Å². The fourth-order valence-electron chi connectivity index (χ4n) is 2.01. The molecule has 88 valence electrons. The van der Waals surface area contributed by atoms with Gasteiger partial charge < -0.3 is 10.4 Å². The van der Waals surface area contributed by atoms with Crippen LogP contribution in [0.3, 0.4) is 0 Å². The summed E-state index contributed by atoms with van der Waals surface area (Å²) in [6.45, 7) is 1.04. The summed E-state index contributed by atoms with van der Waals surface area (Å²) in [5, 5.41) is 13.4. The maximum Gasteiger partial charge on any atom is 0.144 e. The Bertz CT molecular complexity index is 403. The van der Waals surface area contributed by atoms with Crippen LogP contribution in [0.5, 0.6) is 5.75 Å². The lowest BCUT2D eigenvalue weighted by Gasteiger charge is -2.26. The number of aromatic hydroxyl groups is 1. The monoisotopic (exact) mass is 411 g/mol. The predicted octanol–water partition coefficient (Wildman–Crippen LogP) is 4.49. The number of phenolic OH excluding ortho intramolecular Hbond substituents is 1. The minimum absolute atomic E-state index is 0.269. The number of nitrogens with one attached hydrogen (secondary N) is 1. The van der Waals surface area contributed by atoms with Gasteiger partial charge in [-0.2, -0.15) is 0 Å². The topological polar surface area (TPSA) is 32.3 Å². The minimum atomic E-state index is 0.269. The van der Waals surface area contributed by atoms with Crippen LogP contribution < -0.4 is 5.32 Å². The van der Waals surface area contributed by atoms with Crippen LogP contribution in [0, 0.1) is 0 Å². The zero-order valence-corrected chi connectivity index (χ0v) is 13.3. The molecular weight excluding hydrogens is 402 g/mol. The van der Waals surface area contributed by atoms with Crippen LogP contribution in [0.4, 0.5) is 0 Å². The van der Waals surface area contributed by atoms with Gasteiger partial charge in [0.25, 0.3) is 0 Å². The number of halogens is 3. The first kappa shape index (κ1) is 12.9. The first-order valence-corrected chi connectivity index (χ1v) is 7.59. The molecule has 1 aliphatic rings. The van der Waals surface area contributed by atoms with Gasteiger partial charge in [-0.05, 0) is 57.3 Å². The van der Waals surface area contributed by atoms with E-state index in [2.05, 4.69) is 53.1 Å². The van der Waals surface area contributed by atoms with E-state index in [-0.39, 0.29) is 5.75 Å². The molecule has 1 aromatic rings. The summed E-state index contributed by atoms with van der Waals surface area (Å²) in [7, 11) is 0. The molecule has 1 aromatic carbocycles. The van der Waals surface area contributed by atoms with Gasteiger partial charge in [0.2, 0.25) is 0 Å². The average Bonchev–Trinajstić information content (AvgIpc) is 2.28. The quantitative estimate of drug-likeness (QED) is 0.710. The molecule has 0 radical (unpaired) electrons. The van der Waals surface area contributed by atoms with E-state index in [0.717, 1.165) is 27.5 Å². The zero-order valence-electron chi connectivity index (χ0n) is 8.56. The second-order valence-corrected chi connectivity index (χ2v) is 6.42.